The van der Waals surface area contributed by atoms with E-state index in [-0.39, 0.29) is 10.6 Å². The number of hydrogen-bond acceptors (Lipinski definition) is 4. The molecule has 5 nitrogen and oxygen atoms in total. The van der Waals surface area contributed by atoms with Crippen LogP contribution in [0.1, 0.15) is 16.8 Å². The lowest BCUT2D eigenvalue weighted by Gasteiger charge is -2.07. The summed E-state index contributed by atoms with van der Waals surface area (Å²) < 4.78 is 25.3. The van der Waals surface area contributed by atoms with Crippen LogP contribution in [0, 0.1) is 25.2 Å². The minimum absolute atomic E-state index is 0.0925. The topological polar surface area (TPSA) is 82.8 Å². The Labute approximate surface area is 88.8 Å². The predicted octanol–water partition coefficient (Wildman–Crippen LogP) is 0.478. The van der Waals surface area contributed by atoms with Crippen LogP contribution < -0.4 is 4.72 Å². The second-order valence-electron chi connectivity index (χ2n) is 3.08. The predicted molar refractivity (Wildman–Crippen MR) is 54.7 cm³/mol. The Kier molecular flexibility index (Phi) is 3.07. The summed E-state index contributed by atoms with van der Waals surface area (Å²) in [6.07, 6.45) is 0. The summed E-state index contributed by atoms with van der Waals surface area (Å²) in [5.41, 5.74) is 1.27. The molecule has 1 aromatic heterocycles. The average Bonchev–Trinajstić information content (AvgIpc) is 2.16. The van der Waals surface area contributed by atoms with Gasteiger partial charge in [0.05, 0.1) is 5.56 Å². The van der Waals surface area contributed by atoms with Crippen LogP contribution in [-0.4, -0.2) is 20.4 Å². The number of nitriles is 1. The summed E-state index contributed by atoms with van der Waals surface area (Å²) >= 11 is 0. The number of aryl methyl sites for hydroxylation is 2. The van der Waals surface area contributed by atoms with Crippen LogP contribution in [0.5, 0.6) is 0 Å². The van der Waals surface area contributed by atoms with Crippen molar-refractivity contribution in [3.05, 3.63) is 22.9 Å². The monoisotopic (exact) mass is 225 g/mol. The number of nitrogens with zero attached hydrogens (tertiary/aromatic N) is 2. The molecule has 0 saturated heterocycles. The molecule has 0 radical (unpaired) electrons. The summed E-state index contributed by atoms with van der Waals surface area (Å²) in [7, 11) is -2.38. The lowest BCUT2D eigenvalue weighted by Crippen LogP contribution is -2.21. The van der Waals surface area contributed by atoms with Crippen molar-refractivity contribution in [1.82, 2.24) is 9.71 Å². The Morgan fingerprint density at radius 2 is 2.07 bits per heavy atom. The highest BCUT2D eigenvalue weighted by atomic mass is 32.2. The molecule has 6 heteroatoms. The molecule has 0 aliphatic rings. The number of rotatable bonds is 2. The fraction of sp³-hybridized carbons (Fsp3) is 0.333. The highest BCUT2D eigenvalue weighted by Crippen LogP contribution is 2.16. The zero-order valence-corrected chi connectivity index (χ0v) is 9.51. The standard InChI is InChI=1S/C9H11N3O2S/c1-6-4-7(2)12-9(8(6)5-10)15(13,14)11-3/h4,11H,1-3H3. The summed E-state index contributed by atoms with van der Waals surface area (Å²) in [6.45, 7) is 3.37. The molecule has 0 bridgehead atoms. The SMILES string of the molecule is CNS(=O)(=O)c1nc(C)cc(C)c1C#N. The molecule has 0 aliphatic carbocycles. The van der Waals surface area contributed by atoms with Crippen molar-refractivity contribution in [2.24, 2.45) is 0 Å². The first-order valence-electron chi connectivity index (χ1n) is 4.24. The molecule has 0 amide bonds. The normalized spacial score (nSPS) is 11.1. The second-order valence-corrected chi connectivity index (χ2v) is 4.88. The van der Waals surface area contributed by atoms with Crippen LogP contribution in [0.4, 0.5) is 0 Å². The Balaban J connectivity index is 3.63. The van der Waals surface area contributed by atoms with E-state index >= 15 is 0 Å². The van der Waals surface area contributed by atoms with E-state index in [1.807, 2.05) is 6.07 Å². The molecular weight excluding hydrogens is 214 g/mol. The van der Waals surface area contributed by atoms with E-state index in [0.717, 1.165) is 0 Å². The molecule has 0 spiro atoms. The molecule has 1 aromatic rings. The van der Waals surface area contributed by atoms with Crippen molar-refractivity contribution < 1.29 is 8.42 Å². The highest BCUT2D eigenvalue weighted by molar-refractivity contribution is 7.89. The van der Waals surface area contributed by atoms with E-state index < -0.39 is 10.0 Å². The van der Waals surface area contributed by atoms with Gasteiger partial charge >= 0.3 is 0 Å². The van der Waals surface area contributed by atoms with Crippen molar-refractivity contribution in [3.8, 4) is 6.07 Å². The van der Waals surface area contributed by atoms with E-state index in [1.54, 1.807) is 19.9 Å². The van der Waals surface area contributed by atoms with Gasteiger partial charge in [0, 0.05) is 5.69 Å². The van der Waals surface area contributed by atoms with Gasteiger partial charge in [-0.3, -0.25) is 0 Å². The molecule has 0 atom stereocenters. The van der Waals surface area contributed by atoms with Crippen molar-refractivity contribution in [3.63, 3.8) is 0 Å². The van der Waals surface area contributed by atoms with Gasteiger partial charge in [-0.25, -0.2) is 18.1 Å². The fourth-order valence-corrected chi connectivity index (χ4v) is 2.16. The molecule has 0 aliphatic heterocycles. The fourth-order valence-electron chi connectivity index (χ4n) is 1.23. The number of aromatic nitrogens is 1. The van der Waals surface area contributed by atoms with Crippen LogP contribution in [0.2, 0.25) is 0 Å². The first-order valence-corrected chi connectivity index (χ1v) is 5.72. The van der Waals surface area contributed by atoms with E-state index in [0.29, 0.717) is 11.3 Å². The third kappa shape index (κ3) is 2.14. The smallest absolute Gasteiger partial charge is 0.239 e. The summed E-state index contributed by atoms with van der Waals surface area (Å²) in [5.74, 6) is 0. The number of sulfonamides is 1. The Morgan fingerprint density at radius 3 is 2.53 bits per heavy atom. The van der Waals surface area contributed by atoms with E-state index in [9.17, 15) is 8.42 Å². The molecule has 0 unspecified atom stereocenters. The molecule has 0 aromatic carbocycles. The number of pyridine rings is 1. The van der Waals surface area contributed by atoms with Gasteiger partial charge in [-0.2, -0.15) is 5.26 Å². The molecule has 80 valence electrons. The van der Waals surface area contributed by atoms with E-state index in [4.69, 9.17) is 5.26 Å². The quantitative estimate of drug-likeness (QED) is 0.793. The molecule has 15 heavy (non-hydrogen) atoms. The summed E-state index contributed by atoms with van der Waals surface area (Å²) in [5, 5.41) is 8.66. The maximum atomic E-state index is 11.6. The zero-order chi connectivity index (χ0) is 11.6. The third-order valence-corrected chi connectivity index (χ3v) is 3.29. The Bertz CT molecular complexity index is 529. The van der Waals surface area contributed by atoms with Crippen molar-refractivity contribution >= 4 is 10.0 Å². The van der Waals surface area contributed by atoms with Gasteiger partial charge in [-0.05, 0) is 32.5 Å². The van der Waals surface area contributed by atoms with Gasteiger partial charge in [0.1, 0.15) is 6.07 Å². The number of hydrogen-bond donors (Lipinski definition) is 1. The summed E-state index contributed by atoms with van der Waals surface area (Å²) in [4.78, 5) is 3.87. The van der Waals surface area contributed by atoms with Crippen molar-refractivity contribution in [2.45, 2.75) is 18.9 Å². The molecular formula is C9H11N3O2S. The minimum Gasteiger partial charge on any atom is -0.239 e. The van der Waals surface area contributed by atoms with Crippen LogP contribution >= 0.6 is 0 Å². The van der Waals surface area contributed by atoms with Crippen molar-refractivity contribution in [1.29, 1.82) is 5.26 Å². The van der Waals surface area contributed by atoms with Gasteiger partial charge in [0.25, 0.3) is 10.0 Å². The highest BCUT2D eigenvalue weighted by Gasteiger charge is 2.20. The Hall–Kier alpha value is -1.45. The lowest BCUT2D eigenvalue weighted by atomic mass is 10.1. The van der Waals surface area contributed by atoms with Crippen LogP contribution in [0.15, 0.2) is 11.1 Å². The van der Waals surface area contributed by atoms with Crippen LogP contribution in [0.3, 0.4) is 0 Å². The van der Waals surface area contributed by atoms with Crippen LogP contribution in [-0.2, 0) is 10.0 Å². The van der Waals surface area contributed by atoms with Gasteiger partial charge in [-0.1, -0.05) is 0 Å². The maximum Gasteiger partial charge on any atom is 0.259 e. The molecule has 0 fully saturated rings. The third-order valence-electron chi connectivity index (χ3n) is 1.95. The molecule has 1 heterocycles. The maximum absolute atomic E-state index is 11.6. The van der Waals surface area contributed by atoms with Gasteiger partial charge in [0.15, 0.2) is 5.03 Å². The van der Waals surface area contributed by atoms with Crippen molar-refractivity contribution in [2.75, 3.05) is 7.05 Å². The lowest BCUT2D eigenvalue weighted by molar-refractivity contribution is 0.583. The number of nitrogens with one attached hydrogen (secondary N) is 1. The van der Waals surface area contributed by atoms with Gasteiger partial charge in [-0.15, -0.1) is 0 Å². The first kappa shape index (κ1) is 11.6. The van der Waals surface area contributed by atoms with Gasteiger partial charge < -0.3 is 0 Å². The molecule has 0 saturated carbocycles. The Morgan fingerprint density at radius 1 is 1.47 bits per heavy atom. The summed E-state index contributed by atoms with van der Waals surface area (Å²) in [6, 6.07) is 3.52. The minimum atomic E-state index is -3.67. The van der Waals surface area contributed by atoms with Crippen LogP contribution in [0.25, 0.3) is 0 Å². The zero-order valence-electron chi connectivity index (χ0n) is 8.70. The van der Waals surface area contributed by atoms with E-state index in [2.05, 4.69) is 9.71 Å². The molecule has 1 N–H and O–H groups in total. The largest absolute Gasteiger partial charge is 0.259 e. The van der Waals surface area contributed by atoms with E-state index in [1.165, 1.54) is 7.05 Å². The second kappa shape index (κ2) is 3.96. The average molecular weight is 225 g/mol. The van der Waals surface area contributed by atoms with Gasteiger partial charge in [0.2, 0.25) is 0 Å². The molecule has 1 rings (SSSR count). The first-order chi connectivity index (χ1) is 6.92.